The quantitative estimate of drug-likeness (QED) is 0.204. The Morgan fingerprint density at radius 1 is 0.895 bits per heavy atom. The molecule has 4 aromatic rings. The summed E-state index contributed by atoms with van der Waals surface area (Å²) in [5, 5.41) is 2.91. The average molecular weight is 585 g/mol. The standard InChI is InChI=1S/C29H20Cl3NO4S/c1-36-25-13-18(12-24(32)27(25)37-16-17-9-10-22(30)23(31)11-17)14-26-28(34)33(29(35)38-26)15-20-7-4-6-19-5-2-3-8-21(19)20/h2-14H,15-16H2,1H3/b26-14+. The van der Waals surface area contributed by atoms with E-state index in [0.717, 1.165) is 33.7 Å². The van der Waals surface area contributed by atoms with Crippen molar-refractivity contribution in [3.63, 3.8) is 0 Å². The third kappa shape index (κ3) is 5.49. The van der Waals surface area contributed by atoms with Crippen LogP contribution in [0.15, 0.2) is 77.7 Å². The van der Waals surface area contributed by atoms with Crippen LogP contribution in [0.25, 0.3) is 16.8 Å². The van der Waals surface area contributed by atoms with Crippen molar-refractivity contribution in [2.24, 2.45) is 0 Å². The Morgan fingerprint density at radius 2 is 1.68 bits per heavy atom. The number of amides is 2. The third-order valence-electron chi connectivity index (χ3n) is 6.00. The van der Waals surface area contributed by atoms with E-state index in [-0.39, 0.29) is 24.3 Å². The van der Waals surface area contributed by atoms with Gasteiger partial charge in [-0.1, -0.05) is 83.3 Å². The number of rotatable bonds is 7. The van der Waals surface area contributed by atoms with Gasteiger partial charge in [0.05, 0.1) is 33.6 Å². The van der Waals surface area contributed by atoms with E-state index in [2.05, 4.69) is 0 Å². The molecule has 5 rings (SSSR count). The first kappa shape index (κ1) is 26.4. The number of ether oxygens (including phenoxy) is 2. The highest BCUT2D eigenvalue weighted by Crippen LogP contribution is 2.40. The average Bonchev–Trinajstić information content (AvgIpc) is 3.17. The molecule has 9 heteroatoms. The number of nitrogens with zero attached hydrogens (tertiary/aromatic N) is 1. The molecular weight excluding hydrogens is 565 g/mol. The lowest BCUT2D eigenvalue weighted by molar-refractivity contribution is -0.123. The van der Waals surface area contributed by atoms with Crippen molar-refractivity contribution in [1.82, 2.24) is 4.90 Å². The summed E-state index contributed by atoms with van der Waals surface area (Å²) in [5.74, 6) is 0.378. The maximum Gasteiger partial charge on any atom is 0.293 e. The Balaban J connectivity index is 1.36. The van der Waals surface area contributed by atoms with E-state index < -0.39 is 0 Å². The molecule has 1 fully saturated rings. The summed E-state index contributed by atoms with van der Waals surface area (Å²) in [6.45, 7) is 0.383. The van der Waals surface area contributed by atoms with Crippen molar-refractivity contribution in [2.75, 3.05) is 7.11 Å². The highest BCUT2D eigenvalue weighted by atomic mass is 35.5. The highest BCUT2D eigenvalue weighted by molar-refractivity contribution is 8.18. The van der Waals surface area contributed by atoms with E-state index in [1.54, 1.807) is 36.4 Å². The lowest BCUT2D eigenvalue weighted by Crippen LogP contribution is -2.27. The smallest absolute Gasteiger partial charge is 0.293 e. The van der Waals surface area contributed by atoms with Gasteiger partial charge in [-0.15, -0.1) is 0 Å². The van der Waals surface area contributed by atoms with E-state index in [1.165, 1.54) is 12.0 Å². The van der Waals surface area contributed by atoms with Crippen LogP contribution in [-0.2, 0) is 17.9 Å². The van der Waals surface area contributed by atoms with E-state index in [4.69, 9.17) is 44.3 Å². The molecule has 0 spiro atoms. The SMILES string of the molecule is COc1cc(/C=C2/SC(=O)N(Cc3cccc4ccccc34)C2=O)cc(Cl)c1OCc1ccc(Cl)c(Cl)c1. The minimum Gasteiger partial charge on any atom is -0.493 e. The second-order valence-corrected chi connectivity index (χ2v) is 10.7. The van der Waals surface area contributed by atoms with E-state index in [1.807, 2.05) is 42.5 Å². The minimum absolute atomic E-state index is 0.189. The Kier molecular flexibility index (Phi) is 7.86. The third-order valence-corrected chi connectivity index (χ3v) is 7.93. The Hall–Kier alpha value is -3.16. The van der Waals surface area contributed by atoms with Crippen molar-refractivity contribution in [2.45, 2.75) is 13.2 Å². The highest BCUT2D eigenvalue weighted by Gasteiger charge is 2.35. The number of carbonyl (C=O) groups excluding carboxylic acids is 2. The van der Waals surface area contributed by atoms with Gasteiger partial charge in [-0.05, 0) is 69.6 Å². The largest absolute Gasteiger partial charge is 0.493 e. The number of hydrogen-bond donors (Lipinski definition) is 0. The van der Waals surface area contributed by atoms with Crippen LogP contribution in [0.1, 0.15) is 16.7 Å². The van der Waals surface area contributed by atoms with Crippen LogP contribution in [0.3, 0.4) is 0 Å². The van der Waals surface area contributed by atoms with Crippen LogP contribution >= 0.6 is 46.6 Å². The molecule has 1 aliphatic heterocycles. The summed E-state index contributed by atoms with van der Waals surface area (Å²) >= 11 is 19.5. The van der Waals surface area contributed by atoms with E-state index >= 15 is 0 Å². The van der Waals surface area contributed by atoms with Gasteiger partial charge in [0, 0.05) is 0 Å². The molecule has 0 radical (unpaired) electrons. The summed E-state index contributed by atoms with van der Waals surface area (Å²) in [6.07, 6.45) is 1.63. The summed E-state index contributed by atoms with van der Waals surface area (Å²) < 4.78 is 11.4. The van der Waals surface area contributed by atoms with Gasteiger partial charge in [-0.2, -0.15) is 0 Å². The molecule has 5 nitrogen and oxygen atoms in total. The van der Waals surface area contributed by atoms with Gasteiger partial charge < -0.3 is 9.47 Å². The lowest BCUT2D eigenvalue weighted by Gasteiger charge is -2.15. The molecule has 1 aliphatic rings. The summed E-state index contributed by atoms with van der Waals surface area (Å²) in [4.78, 5) is 27.5. The molecule has 0 saturated carbocycles. The number of methoxy groups -OCH3 is 1. The maximum absolute atomic E-state index is 13.2. The van der Waals surface area contributed by atoms with Gasteiger partial charge >= 0.3 is 0 Å². The molecule has 0 unspecified atom stereocenters. The number of benzene rings is 4. The van der Waals surface area contributed by atoms with E-state index in [0.29, 0.717) is 37.0 Å². The van der Waals surface area contributed by atoms with Gasteiger partial charge in [-0.3, -0.25) is 14.5 Å². The topological polar surface area (TPSA) is 55.8 Å². The molecule has 38 heavy (non-hydrogen) atoms. The second-order valence-electron chi connectivity index (χ2n) is 8.48. The van der Waals surface area contributed by atoms with E-state index in [9.17, 15) is 9.59 Å². The Morgan fingerprint density at radius 3 is 2.47 bits per heavy atom. The number of imide groups is 1. The van der Waals surface area contributed by atoms with Gasteiger partial charge in [-0.25, -0.2) is 0 Å². The number of fused-ring (bicyclic) bond motifs is 1. The van der Waals surface area contributed by atoms with Gasteiger partial charge in [0.25, 0.3) is 11.1 Å². The number of hydrogen-bond acceptors (Lipinski definition) is 5. The Labute approximate surface area is 238 Å². The minimum atomic E-state index is -0.358. The number of carbonyl (C=O) groups is 2. The lowest BCUT2D eigenvalue weighted by atomic mass is 10.0. The predicted molar refractivity (Wildman–Crippen MR) is 154 cm³/mol. The van der Waals surface area contributed by atoms with Crippen molar-refractivity contribution >= 4 is 74.6 Å². The first-order chi connectivity index (χ1) is 18.3. The molecule has 0 aromatic heterocycles. The van der Waals surface area contributed by atoms with Crippen molar-refractivity contribution in [3.8, 4) is 11.5 Å². The monoisotopic (exact) mass is 583 g/mol. The molecule has 0 atom stereocenters. The van der Waals surface area contributed by atoms with Gasteiger partial charge in [0.15, 0.2) is 11.5 Å². The van der Waals surface area contributed by atoms with Gasteiger partial charge in [0.2, 0.25) is 0 Å². The molecule has 1 saturated heterocycles. The second kappa shape index (κ2) is 11.3. The zero-order chi connectivity index (χ0) is 26.8. The molecule has 192 valence electrons. The van der Waals surface area contributed by atoms with Crippen LogP contribution in [0.5, 0.6) is 11.5 Å². The fourth-order valence-electron chi connectivity index (χ4n) is 4.14. The molecule has 1 heterocycles. The van der Waals surface area contributed by atoms with Crippen molar-refractivity contribution in [3.05, 3.63) is 109 Å². The molecule has 0 bridgehead atoms. The molecular formula is C29H20Cl3NO4S. The molecule has 2 amide bonds. The maximum atomic E-state index is 13.2. The fourth-order valence-corrected chi connectivity index (χ4v) is 5.57. The van der Waals surface area contributed by atoms with Crippen LogP contribution in [0.4, 0.5) is 4.79 Å². The van der Waals surface area contributed by atoms with Crippen molar-refractivity contribution < 1.29 is 19.1 Å². The zero-order valence-corrected chi connectivity index (χ0v) is 23.1. The number of halogens is 3. The normalized spacial score (nSPS) is 14.5. The summed E-state index contributed by atoms with van der Waals surface area (Å²) in [7, 11) is 1.50. The first-order valence-corrected chi connectivity index (χ1v) is 13.5. The molecule has 0 aliphatic carbocycles. The summed E-state index contributed by atoms with van der Waals surface area (Å²) in [5.41, 5.74) is 2.31. The molecule has 0 N–H and O–H groups in total. The van der Waals surface area contributed by atoms with Crippen LogP contribution in [0, 0.1) is 0 Å². The summed E-state index contributed by atoms with van der Waals surface area (Å²) in [6, 6.07) is 22.3. The van der Waals surface area contributed by atoms with Crippen LogP contribution in [-0.4, -0.2) is 23.2 Å². The van der Waals surface area contributed by atoms with Gasteiger partial charge in [0.1, 0.15) is 6.61 Å². The predicted octanol–water partition coefficient (Wildman–Crippen LogP) is 8.62. The van der Waals surface area contributed by atoms with Crippen LogP contribution in [0.2, 0.25) is 15.1 Å². The Bertz CT molecular complexity index is 1600. The number of thioether (sulfide) groups is 1. The molecule has 4 aromatic carbocycles. The first-order valence-electron chi connectivity index (χ1n) is 11.5. The van der Waals surface area contributed by atoms with Crippen LogP contribution < -0.4 is 9.47 Å². The zero-order valence-electron chi connectivity index (χ0n) is 20.0. The van der Waals surface area contributed by atoms with Crippen molar-refractivity contribution in [1.29, 1.82) is 0 Å². The fraction of sp³-hybridized carbons (Fsp3) is 0.103.